The van der Waals surface area contributed by atoms with Crippen molar-refractivity contribution in [2.75, 3.05) is 20.0 Å². The van der Waals surface area contributed by atoms with Crippen LogP contribution in [0.5, 0.6) is 0 Å². The molecular weight excluding hydrogens is 369 g/mol. The first-order valence-electron chi connectivity index (χ1n) is 7.60. The molecule has 1 fully saturated rings. The van der Waals surface area contributed by atoms with Crippen LogP contribution in [-0.2, 0) is 23.1 Å². The maximum atomic E-state index is 12.2. The van der Waals surface area contributed by atoms with E-state index in [9.17, 15) is 4.57 Å². The number of nitrogens with two attached hydrogens (primary N) is 1. The van der Waals surface area contributed by atoms with Gasteiger partial charge in [-0.15, -0.1) is 0 Å². The van der Waals surface area contributed by atoms with E-state index in [1.807, 2.05) is 6.92 Å². The predicted molar refractivity (Wildman–Crippen MR) is 93.2 cm³/mol. The Bertz CT molecular complexity index is 804. The summed E-state index contributed by atoms with van der Waals surface area (Å²) in [6, 6.07) is 0. The van der Waals surface area contributed by atoms with E-state index in [1.54, 1.807) is 10.9 Å². The van der Waals surface area contributed by atoms with E-state index < -0.39 is 25.2 Å². The smallest absolute Gasteiger partial charge is 0.374 e. The van der Waals surface area contributed by atoms with E-state index >= 15 is 0 Å². The lowest BCUT2D eigenvalue weighted by Gasteiger charge is -2.24. The van der Waals surface area contributed by atoms with Crippen LogP contribution in [0.3, 0.4) is 0 Å². The van der Waals surface area contributed by atoms with Crippen LogP contribution in [0.4, 0.5) is 5.95 Å². The van der Waals surface area contributed by atoms with E-state index in [2.05, 4.69) is 27.2 Å². The summed E-state index contributed by atoms with van der Waals surface area (Å²) >= 11 is 3.94. The van der Waals surface area contributed by atoms with Gasteiger partial charge in [0.2, 0.25) is 5.95 Å². The fourth-order valence-corrected chi connectivity index (χ4v) is 3.84. The van der Waals surface area contributed by atoms with E-state index in [0.29, 0.717) is 17.6 Å². The van der Waals surface area contributed by atoms with E-state index in [1.165, 1.54) is 20.4 Å². The van der Waals surface area contributed by atoms with Crippen molar-refractivity contribution in [3.05, 3.63) is 12.5 Å². The monoisotopic (exact) mass is 389 g/mol. The van der Waals surface area contributed by atoms with Gasteiger partial charge in [0.1, 0.15) is 17.7 Å². The van der Waals surface area contributed by atoms with Gasteiger partial charge in [-0.25, -0.2) is 14.5 Å². The lowest BCUT2D eigenvalue weighted by molar-refractivity contribution is -0.0493. The Labute approximate surface area is 149 Å². The summed E-state index contributed by atoms with van der Waals surface area (Å²) in [5.74, 6) is 0.125. The van der Waals surface area contributed by atoms with Crippen LogP contribution in [-0.4, -0.2) is 52.1 Å². The summed E-state index contributed by atoms with van der Waals surface area (Å²) in [5, 5.41) is 0. The number of thiol groups is 1. The van der Waals surface area contributed by atoms with E-state index in [4.69, 9.17) is 24.3 Å². The first kappa shape index (κ1) is 18.6. The molecule has 0 spiro atoms. The lowest BCUT2D eigenvalue weighted by atomic mass is 10.1. The van der Waals surface area contributed by atoms with E-state index in [-0.39, 0.29) is 12.1 Å². The van der Waals surface area contributed by atoms with Crippen LogP contribution in [0.25, 0.3) is 11.2 Å². The fourth-order valence-electron chi connectivity index (χ4n) is 2.86. The number of ether oxygens (including phenoxy) is 2. The molecule has 10 nitrogen and oxygen atoms in total. The molecule has 2 N–H and O–H groups in total. The Morgan fingerprint density at radius 3 is 2.80 bits per heavy atom. The second-order valence-electron chi connectivity index (χ2n) is 5.48. The van der Waals surface area contributed by atoms with Crippen LogP contribution in [0.15, 0.2) is 12.5 Å². The summed E-state index contributed by atoms with van der Waals surface area (Å²) in [4.78, 5) is 12.4. The summed E-state index contributed by atoms with van der Waals surface area (Å²) < 4.78 is 35.9. The zero-order valence-corrected chi connectivity index (χ0v) is 15.8. The SMILES string of the molecule is CC[C@H]1O[C@@H](n2cnc3cnc(N)nc32)C(OC)C1OP(=O)(S)OC. The number of imidazole rings is 1. The summed E-state index contributed by atoms with van der Waals surface area (Å²) in [5.41, 5.74) is 6.76. The molecule has 0 aliphatic carbocycles. The maximum Gasteiger partial charge on any atom is 0.386 e. The highest BCUT2D eigenvalue weighted by molar-refractivity contribution is 8.44. The minimum Gasteiger partial charge on any atom is -0.374 e. The van der Waals surface area contributed by atoms with E-state index in [0.717, 1.165) is 0 Å². The zero-order valence-electron chi connectivity index (χ0n) is 14.0. The minimum atomic E-state index is -3.52. The van der Waals surface area contributed by atoms with Crippen molar-refractivity contribution in [2.24, 2.45) is 0 Å². The van der Waals surface area contributed by atoms with Gasteiger partial charge in [0.05, 0.1) is 18.6 Å². The van der Waals surface area contributed by atoms with Crippen molar-refractivity contribution >= 4 is 36.2 Å². The van der Waals surface area contributed by atoms with Crippen molar-refractivity contribution in [3.8, 4) is 0 Å². The number of methoxy groups -OCH3 is 1. The lowest BCUT2D eigenvalue weighted by Crippen LogP contribution is -2.35. The van der Waals surface area contributed by atoms with Crippen molar-refractivity contribution < 1.29 is 23.1 Å². The number of nitrogen functional groups attached to an aromatic ring is 1. The number of aromatic nitrogens is 4. The molecule has 138 valence electrons. The number of nitrogens with zero attached hydrogens (tertiary/aromatic N) is 4. The highest BCUT2D eigenvalue weighted by Gasteiger charge is 2.49. The molecule has 2 aromatic heterocycles. The number of fused-ring (bicyclic) bond motifs is 1. The fraction of sp³-hybridized carbons (Fsp3) is 0.615. The van der Waals surface area contributed by atoms with Crippen LogP contribution in [0.1, 0.15) is 19.6 Å². The van der Waals surface area contributed by atoms with Gasteiger partial charge in [0.15, 0.2) is 11.9 Å². The normalized spacial score (nSPS) is 29.1. The van der Waals surface area contributed by atoms with Crippen LogP contribution < -0.4 is 5.73 Å². The summed E-state index contributed by atoms with van der Waals surface area (Å²) in [6.07, 6.45) is 1.53. The second-order valence-corrected chi connectivity index (χ2v) is 8.47. The Balaban J connectivity index is 1.98. The van der Waals surface area contributed by atoms with Gasteiger partial charge < -0.3 is 19.7 Å². The standard InChI is InChI=1S/C13H20N5O5PS/c1-4-8-9(23-24(19,25)21-3)10(20-2)12(22-8)18-6-16-7-5-15-13(14)17-11(7)18/h5-6,8-10,12H,4H2,1-3H3,(H,19,25)(H2,14,15,17)/t8-,9?,10?,12-,24?/m1/s1. The molecule has 2 aromatic rings. The van der Waals surface area contributed by atoms with Crippen molar-refractivity contribution in [1.82, 2.24) is 19.5 Å². The molecule has 0 radical (unpaired) electrons. The predicted octanol–water partition coefficient (Wildman–Crippen LogP) is 1.80. The van der Waals surface area contributed by atoms with Gasteiger partial charge in [0.25, 0.3) is 0 Å². The Morgan fingerprint density at radius 1 is 1.40 bits per heavy atom. The number of anilines is 1. The molecular formula is C13H20N5O5PS. The first-order valence-corrected chi connectivity index (χ1v) is 10.3. The number of rotatable bonds is 6. The maximum absolute atomic E-state index is 12.2. The topological polar surface area (TPSA) is 124 Å². The van der Waals surface area contributed by atoms with Crippen LogP contribution in [0.2, 0.25) is 0 Å². The van der Waals surface area contributed by atoms with Crippen LogP contribution in [0, 0.1) is 0 Å². The van der Waals surface area contributed by atoms with Gasteiger partial charge in [-0.3, -0.25) is 9.09 Å². The van der Waals surface area contributed by atoms with Crippen molar-refractivity contribution in [3.63, 3.8) is 0 Å². The minimum absolute atomic E-state index is 0.125. The third-order valence-electron chi connectivity index (χ3n) is 4.05. The van der Waals surface area contributed by atoms with Gasteiger partial charge >= 0.3 is 6.80 Å². The second kappa shape index (κ2) is 7.18. The Morgan fingerprint density at radius 2 is 2.16 bits per heavy atom. The molecule has 0 bridgehead atoms. The third-order valence-corrected chi connectivity index (χ3v) is 5.80. The molecule has 12 heteroatoms. The van der Waals surface area contributed by atoms with Gasteiger partial charge in [-0.1, -0.05) is 19.2 Å². The molecule has 25 heavy (non-hydrogen) atoms. The Kier molecular flexibility index (Phi) is 5.33. The van der Waals surface area contributed by atoms with Gasteiger partial charge in [-0.2, -0.15) is 4.98 Å². The van der Waals surface area contributed by atoms with Gasteiger partial charge in [-0.05, 0) is 6.42 Å². The van der Waals surface area contributed by atoms with Crippen LogP contribution >= 0.6 is 19.0 Å². The van der Waals surface area contributed by atoms with Crippen molar-refractivity contribution in [2.45, 2.75) is 37.9 Å². The number of hydrogen-bond donors (Lipinski definition) is 2. The molecule has 1 aliphatic heterocycles. The molecule has 0 aromatic carbocycles. The molecule has 0 amide bonds. The average Bonchev–Trinajstić information content (AvgIpc) is 3.14. The highest BCUT2D eigenvalue weighted by atomic mass is 32.7. The summed E-state index contributed by atoms with van der Waals surface area (Å²) in [7, 11) is 2.79. The zero-order chi connectivity index (χ0) is 18.2. The third kappa shape index (κ3) is 3.53. The summed E-state index contributed by atoms with van der Waals surface area (Å²) in [6.45, 7) is -1.59. The molecule has 3 unspecified atom stereocenters. The number of hydrogen-bond acceptors (Lipinski definition) is 9. The molecule has 5 atom stereocenters. The Hall–Kier alpha value is -1.23. The van der Waals surface area contributed by atoms with Crippen molar-refractivity contribution in [1.29, 1.82) is 0 Å². The average molecular weight is 389 g/mol. The van der Waals surface area contributed by atoms with Gasteiger partial charge in [0, 0.05) is 14.2 Å². The largest absolute Gasteiger partial charge is 0.386 e. The molecule has 1 saturated heterocycles. The first-order chi connectivity index (χ1) is 11.9. The highest BCUT2D eigenvalue weighted by Crippen LogP contribution is 2.55. The molecule has 3 rings (SSSR count). The molecule has 0 saturated carbocycles. The quantitative estimate of drug-likeness (QED) is 0.562. The molecule has 3 heterocycles. The molecule has 1 aliphatic rings.